The molecule has 2 aromatic rings. The zero-order chi connectivity index (χ0) is 18.8. The molecule has 0 aromatic heterocycles. The van der Waals surface area contributed by atoms with E-state index < -0.39 is 5.97 Å². The Morgan fingerprint density at radius 1 is 1.23 bits per heavy atom. The minimum atomic E-state index is -0.476. The smallest absolute Gasteiger partial charge is 0.325 e. The number of para-hydroxylation sites is 1. The maximum Gasteiger partial charge on any atom is 0.325 e. The van der Waals surface area contributed by atoms with Gasteiger partial charge in [0.25, 0.3) is 5.91 Å². The first kappa shape index (κ1) is 18.1. The third-order valence-electron chi connectivity index (χ3n) is 4.16. The molecule has 6 heteroatoms. The van der Waals surface area contributed by atoms with Crippen LogP contribution < -0.4 is 4.90 Å². The van der Waals surface area contributed by atoms with Crippen LogP contribution in [0.1, 0.15) is 16.7 Å². The zero-order valence-corrected chi connectivity index (χ0v) is 15.6. The molecule has 1 amide bonds. The number of fused-ring (bicyclic) bond motifs is 1. The molecule has 26 heavy (non-hydrogen) atoms. The quantitative estimate of drug-likeness (QED) is 0.661. The van der Waals surface area contributed by atoms with Crippen LogP contribution >= 0.6 is 11.8 Å². The highest BCUT2D eigenvalue weighted by atomic mass is 32.2. The molecule has 5 nitrogen and oxygen atoms in total. The van der Waals surface area contributed by atoms with Crippen molar-refractivity contribution in [2.45, 2.75) is 18.7 Å². The summed E-state index contributed by atoms with van der Waals surface area (Å²) in [4.78, 5) is 27.6. The first-order valence-electron chi connectivity index (χ1n) is 8.08. The number of methoxy groups -OCH3 is 1. The molecule has 0 fully saturated rings. The number of aromatic hydroxyl groups is 1. The predicted octanol–water partition coefficient (Wildman–Crippen LogP) is 3.66. The van der Waals surface area contributed by atoms with Crippen molar-refractivity contribution in [3.8, 4) is 5.75 Å². The molecule has 0 saturated heterocycles. The number of ether oxygens (including phenoxy) is 1. The molecule has 0 unspecified atom stereocenters. The Balaban J connectivity index is 2.04. The van der Waals surface area contributed by atoms with Crippen LogP contribution in [0.5, 0.6) is 5.75 Å². The summed E-state index contributed by atoms with van der Waals surface area (Å²) in [6, 6.07) is 11.1. The van der Waals surface area contributed by atoms with Gasteiger partial charge in [-0.3, -0.25) is 14.5 Å². The number of hydrogen-bond acceptors (Lipinski definition) is 5. The fourth-order valence-electron chi connectivity index (χ4n) is 2.84. The van der Waals surface area contributed by atoms with Crippen LogP contribution in [-0.2, 0) is 14.3 Å². The lowest BCUT2D eigenvalue weighted by Gasteiger charge is -2.29. The van der Waals surface area contributed by atoms with Gasteiger partial charge in [-0.1, -0.05) is 23.9 Å². The van der Waals surface area contributed by atoms with Gasteiger partial charge in [0, 0.05) is 4.90 Å². The summed E-state index contributed by atoms with van der Waals surface area (Å²) in [7, 11) is 1.30. The number of carbonyl (C=O) groups excluding carboxylic acids is 2. The first-order valence-corrected chi connectivity index (χ1v) is 8.90. The van der Waals surface area contributed by atoms with E-state index in [0.29, 0.717) is 10.6 Å². The van der Waals surface area contributed by atoms with E-state index >= 15 is 0 Å². The van der Waals surface area contributed by atoms with Crippen LogP contribution in [0.4, 0.5) is 5.69 Å². The molecule has 0 aliphatic carbocycles. The van der Waals surface area contributed by atoms with Crippen LogP contribution in [-0.4, -0.2) is 30.6 Å². The highest BCUT2D eigenvalue weighted by Crippen LogP contribution is 2.42. The summed E-state index contributed by atoms with van der Waals surface area (Å²) < 4.78 is 4.73. The van der Waals surface area contributed by atoms with Gasteiger partial charge in [0.1, 0.15) is 12.3 Å². The van der Waals surface area contributed by atoms with Gasteiger partial charge in [0.05, 0.1) is 17.7 Å². The topological polar surface area (TPSA) is 66.8 Å². The Kier molecular flexibility index (Phi) is 5.04. The molecule has 0 saturated carbocycles. The van der Waals surface area contributed by atoms with E-state index in [1.807, 2.05) is 50.2 Å². The Morgan fingerprint density at radius 3 is 2.54 bits per heavy atom. The standard InChI is InChI=1S/C20H19NO4S/c1-12-8-14(9-13(2)19(12)23)10-17-20(24)21(11-18(22)25-3)15-6-4-5-7-16(15)26-17/h4-10,23H,11H2,1-3H3. The van der Waals surface area contributed by atoms with Crippen molar-refractivity contribution in [1.29, 1.82) is 0 Å². The maximum atomic E-state index is 13.0. The monoisotopic (exact) mass is 369 g/mol. The highest BCUT2D eigenvalue weighted by molar-refractivity contribution is 8.04. The summed E-state index contributed by atoms with van der Waals surface area (Å²) in [6.45, 7) is 3.50. The number of hydrogen-bond donors (Lipinski definition) is 1. The van der Waals surface area contributed by atoms with Gasteiger partial charge in [-0.2, -0.15) is 0 Å². The third kappa shape index (κ3) is 3.46. The normalized spacial score (nSPS) is 15.1. The van der Waals surface area contributed by atoms with E-state index in [4.69, 9.17) is 4.74 Å². The SMILES string of the molecule is COC(=O)CN1C(=O)C(=Cc2cc(C)c(O)c(C)c2)Sc2ccccc21. The molecule has 0 radical (unpaired) electrons. The number of benzene rings is 2. The lowest BCUT2D eigenvalue weighted by atomic mass is 10.1. The number of rotatable bonds is 3. The number of anilines is 1. The summed E-state index contributed by atoms with van der Waals surface area (Å²) in [5.41, 5.74) is 3.02. The van der Waals surface area contributed by atoms with Crippen molar-refractivity contribution in [1.82, 2.24) is 0 Å². The van der Waals surface area contributed by atoms with E-state index in [2.05, 4.69) is 0 Å². The molecule has 1 N–H and O–H groups in total. The van der Waals surface area contributed by atoms with Crippen molar-refractivity contribution < 1.29 is 19.4 Å². The highest BCUT2D eigenvalue weighted by Gasteiger charge is 2.30. The number of esters is 1. The van der Waals surface area contributed by atoms with Crippen LogP contribution in [0, 0.1) is 13.8 Å². The molecule has 1 aliphatic rings. The number of aryl methyl sites for hydroxylation is 2. The van der Waals surface area contributed by atoms with E-state index in [1.165, 1.54) is 23.8 Å². The molecule has 0 atom stereocenters. The van der Waals surface area contributed by atoms with Crippen LogP contribution in [0.15, 0.2) is 46.2 Å². The van der Waals surface area contributed by atoms with Gasteiger partial charge in [-0.15, -0.1) is 0 Å². The molecule has 0 bridgehead atoms. The lowest BCUT2D eigenvalue weighted by molar-refractivity contribution is -0.139. The first-order chi connectivity index (χ1) is 12.4. The third-order valence-corrected chi connectivity index (χ3v) is 5.24. The van der Waals surface area contributed by atoms with Gasteiger partial charge in [0.2, 0.25) is 0 Å². The largest absolute Gasteiger partial charge is 0.507 e. The summed E-state index contributed by atoms with van der Waals surface area (Å²) >= 11 is 1.37. The number of amides is 1. The Bertz CT molecular complexity index is 897. The molecule has 1 heterocycles. The second-order valence-electron chi connectivity index (χ2n) is 6.05. The van der Waals surface area contributed by atoms with Gasteiger partial charge in [-0.25, -0.2) is 0 Å². The molecule has 1 aliphatic heterocycles. The van der Waals surface area contributed by atoms with E-state index in [1.54, 1.807) is 6.08 Å². The molecular formula is C20H19NO4S. The van der Waals surface area contributed by atoms with Gasteiger partial charge < -0.3 is 9.84 Å². The fraction of sp³-hybridized carbons (Fsp3) is 0.200. The average Bonchev–Trinajstić information content (AvgIpc) is 2.62. The minimum Gasteiger partial charge on any atom is -0.507 e. The fourth-order valence-corrected chi connectivity index (χ4v) is 3.90. The van der Waals surface area contributed by atoms with Crippen molar-refractivity contribution in [3.05, 3.63) is 58.0 Å². The van der Waals surface area contributed by atoms with Crippen molar-refractivity contribution >= 4 is 35.4 Å². The van der Waals surface area contributed by atoms with Crippen LogP contribution in [0.2, 0.25) is 0 Å². The van der Waals surface area contributed by atoms with E-state index in [9.17, 15) is 14.7 Å². The molecule has 134 valence electrons. The Morgan fingerprint density at radius 2 is 1.88 bits per heavy atom. The van der Waals surface area contributed by atoms with Crippen LogP contribution in [0.25, 0.3) is 6.08 Å². The van der Waals surface area contributed by atoms with Crippen molar-refractivity contribution in [3.63, 3.8) is 0 Å². The molecule has 0 spiro atoms. The van der Waals surface area contributed by atoms with Crippen molar-refractivity contribution in [2.75, 3.05) is 18.6 Å². The number of nitrogens with zero attached hydrogens (tertiary/aromatic N) is 1. The maximum absolute atomic E-state index is 13.0. The Labute approximate surface area is 156 Å². The molecule has 3 rings (SSSR count). The van der Waals surface area contributed by atoms with Gasteiger partial charge in [0.15, 0.2) is 0 Å². The number of thioether (sulfide) groups is 1. The average molecular weight is 369 g/mol. The molecular weight excluding hydrogens is 350 g/mol. The second kappa shape index (κ2) is 7.25. The molecule has 2 aromatic carbocycles. The minimum absolute atomic E-state index is 0.141. The van der Waals surface area contributed by atoms with Crippen LogP contribution in [0.3, 0.4) is 0 Å². The lowest BCUT2D eigenvalue weighted by Crippen LogP contribution is -2.38. The van der Waals surface area contributed by atoms with Gasteiger partial charge >= 0.3 is 5.97 Å². The second-order valence-corrected chi connectivity index (χ2v) is 7.13. The number of phenolic OH excluding ortho intramolecular Hbond substituents is 1. The van der Waals surface area contributed by atoms with E-state index in [0.717, 1.165) is 21.6 Å². The Hall–Kier alpha value is -2.73. The predicted molar refractivity (Wildman–Crippen MR) is 102 cm³/mol. The zero-order valence-electron chi connectivity index (χ0n) is 14.8. The van der Waals surface area contributed by atoms with Gasteiger partial charge in [-0.05, 0) is 60.9 Å². The number of carbonyl (C=O) groups is 2. The van der Waals surface area contributed by atoms with Crippen molar-refractivity contribution in [2.24, 2.45) is 0 Å². The summed E-state index contributed by atoms with van der Waals surface area (Å²) in [5.74, 6) is -0.467. The summed E-state index contributed by atoms with van der Waals surface area (Å²) in [6.07, 6.45) is 1.78. The van der Waals surface area contributed by atoms with E-state index in [-0.39, 0.29) is 18.2 Å². The number of phenols is 1. The summed E-state index contributed by atoms with van der Waals surface area (Å²) in [5, 5.41) is 9.93.